The van der Waals surface area contributed by atoms with E-state index < -0.39 is 0 Å². The van der Waals surface area contributed by atoms with Gasteiger partial charge < -0.3 is 10.1 Å². The van der Waals surface area contributed by atoms with Crippen molar-refractivity contribution in [2.24, 2.45) is 5.92 Å². The Labute approximate surface area is 204 Å². The fourth-order valence-corrected chi connectivity index (χ4v) is 6.06. The van der Waals surface area contributed by atoms with Crippen LogP contribution >= 0.6 is 23.7 Å². The molecule has 2 aromatic heterocycles. The first kappa shape index (κ1) is 23.3. The van der Waals surface area contributed by atoms with Crippen molar-refractivity contribution in [3.8, 4) is 16.9 Å². The van der Waals surface area contributed by atoms with E-state index in [1.165, 1.54) is 16.9 Å². The Morgan fingerprint density at radius 3 is 2.55 bits per heavy atom. The predicted molar refractivity (Wildman–Crippen MR) is 139 cm³/mol. The standard InChI is InChI=1S/C27H26N2O2S.ClH/c1-16-9-14-21-22(15-16)32-27-25(21)24(18-10-12-20(31-3)13-11-18)23(17(2)28-27)26(30)29-19-7-5-4-6-8-19;/h4-8,10-13,16H,9,14-15H2,1-3H3,(H,29,30);1H. The summed E-state index contributed by atoms with van der Waals surface area (Å²) in [6.45, 7) is 4.25. The molecule has 6 heteroatoms. The zero-order valence-electron chi connectivity index (χ0n) is 19.0. The summed E-state index contributed by atoms with van der Waals surface area (Å²) in [4.78, 5) is 20.9. The number of fused-ring (bicyclic) bond motifs is 3. The maximum absolute atomic E-state index is 13.6. The van der Waals surface area contributed by atoms with Gasteiger partial charge in [0.05, 0.1) is 18.4 Å². The maximum Gasteiger partial charge on any atom is 0.258 e. The Hall–Kier alpha value is -2.89. The van der Waals surface area contributed by atoms with Crippen molar-refractivity contribution in [3.05, 3.63) is 76.3 Å². The van der Waals surface area contributed by atoms with E-state index in [0.29, 0.717) is 11.5 Å². The molecule has 4 nitrogen and oxygen atoms in total. The molecule has 1 N–H and O–H groups in total. The number of nitrogens with one attached hydrogen (secondary N) is 1. The topological polar surface area (TPSA) is 51.2 Å². The number of carbonyl (C=O) groups is 1. The molecule has 2 aromatic carbocycles. The van der Waals surface area contributed by atoms with Crippen molar-refractivity contribution in [3.63, 3.8) is 0 Å². The lowest BCUT2D eigenvalue weighted by molar-refractivity contribution is 0.102. The zero-order valence-corrected chi connectivity index (χ0v) is 20.6. The highest BCUT2D eigenvalue weighted by atomic mass is 35.5. The average molecular weight is 479 g/mol. The third-order valence-corrected chi connectivity index (χ3v) is 7.41. The molecule has 1 atom stereocenters. The second-order valence-electron chi connectivity index (χ2n) is 8.53. The van der Waals surface area contributed by atoms with Crippen LogP contribution in [0.5, 0.6) is 5.75 Å². The molecular formula is C27H27ClN2O2S. The lowest BCUT2D eigenvalue weighted by Crippen LogP contribution is -2.16. The molecule has 1 unspecified atom stereocenters. The van der Waals surface area contributed by atoms with Crippen LogP contribution in [0.1, 0.15) is 39.8 Å². The Balaban J connectivity index is 0.00000259. The van der Waals surface area contributed by atoms with Crippen LogP contribution in [-0.4, -0.2) is 18.0 Å². The van der Waals surface area contributed by atoms with Crippen LogP contribution in [0.25, 0.3) is 21.3 Å². The number of para-hydroxylation sites is 1. The average Bonchev–Trinajstić information content (AvgIpc) is 3.15. The van der Waals surface area contributed by atoms with E-state index in [2.05, 4.69) is 12.2 Å². The molecule has 1 aliphatic carbocycles. The van der Waals surface area contributed by atoms with E-state index in [9.17, 15) is 4.79 Å². The first-order valence-corrected chi connectivity index (χ1v) is 11.8. The molecule has 0 spiro atoms. The Kier molecular flexibility index (Phi) is 6.73. The highest BCUT2D eigenvalue weighted by Crippen LogP contribution is 2.44. The first-order chi connectivity index (χ1) is 15.5. The van der Waals surface area contributed by atoms with Crippen LogP contribution in [-0.2, 0) is 12.8 Å². The molecule has 1 aliphatic rings. The molecule has 1 amide bonds. The molecular weight excluding hydrogens is 452 g/mol. The van der Waals surface area contributed by atoms with E-state index in [-0.39, 0.29) is 18.3 Å². The third-order valence-electron chi connectivity index (χ3n) is 6.26. The van der Waals surface area contributed by atoms with Crippen molar-refractivity contribution in [1.82, 2.24) is 4.98 Å². The van der Waals surface area contributed by atoms with Crippen molar-refractivity contribution in [2.45, 2.75) is 33.1 Å². The van der Waals surface area contributed by atoms with Gasteiger partial charge in [-0.2, -0.15) is 0 Å². The summed E-state index contributed by atoms with van der Waals surface area (Å²) in [6, 6.07) is 17.6. The SMILES string of the molecule is COc1ccc(-c2c(C(=O)Nc3ccccc3)c(C)nc3sc4c(c23)CCC(C)C4)cc1.Cl. The van der Waals surface area contributed by atoms with Crippen molar-refractivity contribution in [1.29, 1.82) is 0 Å². The summed E-state index contributed by atoms with van der Waals surface area (Å²) in [5.41, 5.74) is 5.54. The van der Waals surface area contributed by atoms with Crippen molar-refractivity contribution in [2.75, 3.05) is 12.4 Å². The third kappa shape index (κ3) is 4.35. The molecule has 0 saturated carbocycles. The van der Waals surface area contributed by atoms with Gasteiger partial charge in [0.15, 0.2) is 0 Å². The van der Waals surface area contributed by atoms with E-state index in [0.717, 1.165) is 51.3 Å². The second kappa shape index (κ2) is 9.54. The molecule has 170 valence electrons. The predicted octanol–water partition coefficient (Wildman–Crippen LogP) is 7.08. The van der Waals surface area contributed by atoms with Crippen LogP contribution in [0.3, 0.4) is 0 Å². The molecule has 0 bridgehead atoms. The fraction of sp³-hybridized carbons (Fsp3) is 0.259. The number of aromatic nitrogens is 1. The number of benzene rings is 2. The minimum atomic E-state index is -0.127. The van der Waals surface area contributed by atoms with Gasteiger partial charge in [-0.15, -0.1) is 23.7 Å². The number of halogens is 1. The number of amides is 1. The molecule has 0 radical (unpaired) electrons. The molecule has 0 saturated heterocycles. The van der Waals surface area contributed by atoms with E-state index in [1.807, 2.05) is 61.5 Å². The number of thiophene rings is 1. The van der Waals surface area contributed by atoms with Gasteiger partial charge in [0, 0.05) is 21.5 Å². The lowest BCUT2D eigenvalue weighted by Gasteiger charge is -2.20. The fourth-order valence-electron chi connectivity index (χ4n) is 4.63. The maximum atomic E-state index is 13.6. The lowest BCUT2D eigenvalue weighted by atomic mass is 9.86. The molecule has 33 heavy (non-hydrogen) atoms. The molecule has 0 aliphatic heterocycles. The number of carbonyl (C=O) groups excluding carboxylic acids is 1. The van der Waals surface area contributed by atoms with Crippen molar-refractivity contribution < 1.29 is 9.53 Å². The van der Waals surface area contributed by atoms with E-state index in [1.54, 1.807) is 18.4 Å². The highest BCUT2D eigenvalue weighted by Gasteiger charge is 2.27. The van der Waals surface area contributed by atoms with Gasteiger partial charge in [0.2, 0.25) is 0 Å². The van der Waals surface area contributed by atoms with Crippen LogP contribution in [0.4, 0.5) is 5.69 Å². The number of anilines is 1. The Bertz CT molecular complexity index is 1300. The largest absolute Gasteiger partial charge is 0.497 e. The number of hydrogen-bond donors (Lipinski definition) is 1. The molecule has 4 aromatic rings. The minimum Gasteiger partial charge on any atom is -0.497 e. The minimum absolute atomic E-state index is 0. The first-order valence-electron chi connectivity index (χ1n) is 11.0. The zero-order chi connectivity index (χ0) is 22.2. The number of hydrogen-bond acceptors (Lipinski definition) is 4. The summed E-state index contributed by atoms with van der Waals surface area (Å²) in [6.07, 6.45) is 3.29. The number of nitrogens with zero attached hydrogens (tertiary/aromatic N) is 1. The van der Waals surface area contributed by atoms with Crippen LogP contribution in [0, 0.1) is 12.8 Å². The van der Waals surface area contributed by atoms with Gasteiger partial charge in [-0.05, 0) is 67.5 Å². The van der Waals surface area contributed by atoms with Gasteiger partial charge in [0.25, 0.3) is 5.91 Å². The summed E-state index contributed by atoms with van der Waals surface area (Å²) in [5.74, 6) is 1.35. The number of aryl methyl sites for hydroxylation is 2. The molecule has 5 rings (SSSR count). The van der Waals surface area contributed by atoms with Crippen LogP contribution in [0.2, 0.25) is 0 Å². The van der Waals surface area contributed by atoms with E-state index >= 15 is 0 Å². The quantitative estimate of drug-likeness (QED) is 0.341. The summed E-state index contributed by atoms with van der Waals surface area (Å²) in [5, 5.41) is 4.22. The summed E-state index contributed by atoms with van der Waals surface area (Å²) >= 11 is 1.79. The van der Waals surface area contributed by atoms with Gasteiger partial charge >= 0.3 is 0 Å². The van der Waals surface area contributed by atoms with Gasteiger partial charge in [0.1, 0.15) is 10.6 Å². The van der Waals surface area contributed by atoms with Gasteiger partial charge in [-0.3, -0.25) is 4.79 Å². The molecule has 2 heterocycles. The number of ether oxygens (including phenoxy) is 1. The summed E-state index contributed by atoms with van der Waals surface area (Å²) in [7, 11) is 1.67. The number of rotatable bonds is 4. The normalized spacial score (nSPS) is 14.9. The van der Waals surface area contributed by atoms with Gasteiger partial charge in [-0.1, -0.05) is 37.3 Å². The number of pyridine rings is 1. The molecule has 0 fully saturated rings. The smallest absolute Gasteiger partial charge is 0.258 e. The summed E-state index contributed by atoms with van der Waals surface area (Å²) < 4.78 is 5.37. The Morgan fingerprint density at radius 2 is 1.85 bits per heavy atom. The Morgan fingerprint density at radius 1 is 1.12 bits per heavy atom. The van der Waals surface area contributed by atoms with E-state index in [4.69, 9.17) is 9.72 Å². The highest BCUT2D eigenvalue weighted by molar-refractivity contribution is 7.19. The monoisotopic (exact) mass is 478 g/mol. The van der Waals surface area contributed by atoms with Crippen molar-refractivity contribution >= 4 is 45.6 Å². The van der Waals surface area contributed by atoms with Crippen LogP contribution < -0.4 is 10.1 Å². The van der Waals surface area contributed by atoms with Crippen LogP contribution in [0.15, 0.2) is 54.6 Å². The van der Waals surface area contributed by atoms with Gasteiger partial charge in [-0.25, -0.2) is 4.98 Å². The second-order valence-corrected chi connectivity index (χ2v) is 9.61. The number of methoxy groups -OCH3 is 1.